The van der Waals surface area contributed by atoms with Gasteiger partial charge in [0.25, 0.3) is 5.91 Å². The van der Waals surface area contributed by atoms with E-state index in [2.05, 4.69) is 5.32 Å². The van der Waals surface area contributed by atoms with Crippen LogP contribution in [-0.2, 0) is 19.4 Å². The molecule has 0 spiro atoms. The first-order chi connectivity index (χ1) is 9.71. The van der Waals surface area contributed by atoms with Crippen LogP contribution in [0.3, 0.4) is 0 Å². The van der Waals surface area contributed by atoms with Crippen molar-refractivity contribution in [3.8, 4) is 0 Å². The van der Waals surface area contributed by atoms with Crippen LogP contribution >= 0.6 is 11.6 Å². The number of sulfone groups is 1. The second-order valence-corrected chi connectivity index (χ2v) is 6.51. The highest BCUT2D eigenvalue weighted by Gasteiger charge is 2.15. The lowest BCUT2D eigenvalue weighted by Gasteiger charge is -2.07. The average Bonchev–Trinajstić information content (AvgIpc) is 2.36. The van der Waals surface area contributed by atoms with E-state index in [0.29, 0.717) is 0 Å². The van der Waals surface area contributed by atoms with Gasteiger partial charge in [-0.05, 0) is 18.2 Å². The number of aliphatic carboxylic acids is 1. The molecule has 0 saturated carbocycles. The van der Waals surface area contributed by atoms with Crippen molar-refractivity contribution in [1.29, 1.82) is 0 Å². The van der Waals surface area contributed by atoms with Crippen LogP contribution in [-0.4, -0.2) is 51.4 Å². The van der Waals surface area contributed by atoms with Crippen molar-refractivity contribution in [2.24, 2.45) is 0 Å². The maximum Gasteiger partial charge on any atom is 0.329 e. The maximum absolute atomic E-state index is 11.8. The zero-order valence-corrected chi connectivity index (χ0v) is 12.7. The standard InChI is InChI=1S/C12H14ClNO6S/c1-21(18,19)10-6-8(2-3-9(10)13)12(17)14-4-5-20-7-11(15)16/h2-3,6H,4-5,7H2,1H3,(H,14,17)(H,15,16). The first-order valence-electron chi connectivity index (χ1n) is 5.79. The Kier molecular flexibility index (Phi) is 6.13. The summed E-state index contributed by atoms with van der Waals surface area (Å²) in [6, 6.07) is 3.91. The molecule has 0 bridgehead atoms. The number of carbonyl (C=O) groups excluding carboxylic acids is 1. The van der Waals surface area contributed by atoms with Gasteiger partial charge in [-0.3, -0.25) is 4.79 Å². The molecule has 1 aromatic carbocycles. The molecule has 0 heterocycles. The van der Waals surface area contributed by atoms with E-state index in [1.807, 2.05) is 0 Å². The molecule has 0 radical (unpaired) electrons. The molecule has 2 N–H and O–H groups in total. The molecule has 1 amide bonds. The molecular formula is C12H14ClNO6S. The highest BCUT2D eigenvalue weighted by atomic mass is 35.5. The van der Waals surface area contributed by atoms with Gasteiger partial charge in [-0.1, -0.05) is 11.6 Å². The fourth-order valence-electron chi connectivity index (χ4n) is 1.43. The zero-order valence-electron chi connectivity index (χ0n) is 11.1. The second-order valence-electron chi connectivity index (χ2n) is 4.12. The normalized spacial score (nSPS) is 11.1. The van der Waals surface area contributed by atoms with Crippen LogP contribution in [0.2, 0.25) is 5.02 Å². The number of hydrogen-bond acceptors (Lipinski definition) is 5. The van der Waals surface area contributed by atoms with Crippen molar-refractivity contribution in [1.82, 2.24) is 5.32 Å². The molecule has 0 aliphatic heterocycles. The van der Waals surface area contributed by atoms with Crippen LogP contribution in [0, 0.1) is 0 Å². The molecular weight excluding hydrogens is 322 g/mol. The summed E-state index contributed by atoms with van der Waals surface area (Å²) in [5, 5.41) is 10.9. The third-order valence-electron chi connectivity index (χ3n) is 2.35. The van der Waals surface area contributed by atoms with E-state index in [0.717, 1.165) is 6.26 Å². The molecule has 0 aromatic heterocycles. The van der Waals surface area contributed by atoms with Crippen LogP contribution in [0.1, 0.15) is 10.4 Å². The molecule has 0 atom stereocenters. The van der Waals surface area contributed by atoms with Gasteiger partial charge in [0.2, 0.25) is 0 Å². The smallest absolute Gasteiger partial charge is 0.329 e. The highest BCUT2D eigenvalue weighted by molar-refractivity contribution is 7.90. The molecule has 9 heteroatoms. The number of nitrogens with one attached hydrogen (secondary N) is 1. The Balaban J connectivity index is 2.65. The summed E-state index contributed by atoms with van der Waals surface area (Å²) in [5.41, 5.74) is 0.137. The summed E-state index contributed by atoms with van der Waals surface area (Å²) >= 11 is 5.77. The van der Waals surface area contributed by atoms with E-state index < -0.39 is 28.3 Å². The van der Waals surface area contributed by atoms with Crippen molar-refractivity contribution in [3.63, 3.8) is 0 Å². The number of halogens is 1. The summed E-state index contributed by atoms with van der Waals surface area (Å²) in [5.74, 6) is -1.60. The average molecular weight is 336 g/mol. The third-order valence-corrected chi connectivity index (χ3v) is 3.93. The summed E-state index contributed by atoms with van der Waals surface area (Å²) < 4.78 is 27.7. The minimum absolute atomic E-state index is 0.0323. The Morgan fingerprint density at radius 2 is 2.05 bits per heavy atom. The fraction of sp³-hybridized carbons (Fsp3) is 0.333. The van der Waals surface area contributed by atoms with Gasteiger partial charge in [-0.25, -0.2) is 13.2 Å². The number of hydrogen-bond donors (Lipinski definition) is 2. The predicted octanol–water partition coefficient (Wildman–Crippen LogP) is 0.575. The first-order valence-corrected chi connectivity index (χ1v) is 8.06. The zero-order chi connectivity index (χ0) is 16.0. The quantitative estimate of drug-likeness (QED) is 0.705. The first kappa shape index (κ1) is 17.4. The lowest BCUT2D eigenvalue weighted by atomic mass is 10.2. The Bertz CT molecular complexity index is 643. The maximum atomic E-state index is 11.8. The fourth-order valence-corrected chi connectivity index (χ4v) is 2.73. The topological polar surface area (TPSA) is 110 Å². The number of benzene rings is 1. The van der Waals surface area contributed by atoms with E-state index in [-0.39, 0.29) is 28.6 Å². The number of rotatable bonds is 7. The molecule has 0 unspecified atom stereocenters. The van der Waals surface area contributed by atoms with E-state index >= 15 is 0 Å². The van der Waals surface area contributed by atoms with Gasteiger partial charge in [0.05, 0.1) is 16.5 Å². The number of carboxylic acid groups (broad SMARTS) is 1. The van der Waals surface area contributed by atoms with Crippen LogP contribution in [0.4, 0.5) is 0 Å². The van der Waals surface area contributed by atoms with Crippen molar-refractivity contribution < 1.29 is 27.9 Å². The summed E-state index contributed by atoms with van der Waals surface area (Å²) in [6.07, 6.45) is 0.996. The number of carbonyl (C=O) groups is 2. The minimum atomic E-state index is -3.53. The third kappa shape index (κ3) is 5.70. The van der Waals surface area contributed by atoms with Crippen molar-refractivity contribution >= 4 is 33.3 Å². The van der Waals surface area contributed by atoms with Gasteiger partial charge >= 0.3 is 5.97 Å². The lowest BCUT2D eigenvalue weighted by molar-refractivity contribution is -0.142. The monoisotopic (exact) mass is 335 g/mol. The largest absolute Gasteiger partial charge is 0.480 e. The molecule has 21 heavy (non-hydrogen) atoms. The number of carboxylic acids is 1. The van der Waals surface area contributed by atoms with Gasteiger partial charge < -0.3 is 15.2 Å². The Morgan fingerprint density at radius 1 is 1.38 bits per heavy atom. The highest BCUT2D eigenvalue weighted by Crippen LogP contribution is 2.22. The minimum Gasteiger partial charge on any atom is -0.480 e. The van der Waals surface area contributed by atoms with Crippen molar-refractivity contribution in [3.05, 3.63) is 28.8 Å². The molecule has 1 aromatic rings. The molecule has 1 rings (SSSR count). The Labute approximate surface area is 126 Å². The molecule has 0 saturated heterocycles. The Hall–Kier alpha value is -1.64. The van der Waals surface area contributed by atoms with E-state index in [9.17, 15) is 18.0 Å². The van der Waals surface area contributed by atoms with E-state index in [1.54, 1.807) is 0 Å². The summed E-state index contributed by atoms with van der Waals surface area (Å²) in [6.45, 7) is -0.317. The molecule has 0 aliphatic carbocycles. The second kappa shape index (κ2) is 7.39. The van der Waals surface area contributed by atoms with Gasteiger partial charge in [0, 0.05) is 18.4 Å². The van der Waals surface area contributed by atoms with Crippen LogP contribution in [0.15, 0.2) is 23.1 Å². The number of amides is 1. The van der Waals surface area contributed by atoms with Crippen LogP contribution < -0.4 is 5.32 Å². The Morgan fingerprint density at radius 3 is 2.62 bits per heavy atom. The predicted molar refractivity (Wildman–Crippen MR) is 75.3 cm³/mol. The number of ether oxygens (including phenoxy) is 1. The van der Waals surface area contributed by atoms with Gasteiger partial charge in [-0.2, -0.15) is 0 Å². The summed E-state index contributed by atoms with van der Waals surface area (Å²) in [7, 11) is -3.53. The summed E-state index contributed by atoms with van der Waals surface area (Å²) in [4.78, 5) is 21.9. The SMILES string of the molecule is CS(=O)(=O)c1cc(C(=O)NCCOCC(=O)O)ccc1Cl. The van der Waals surface area contributed by atoms with E-state index in [4.69, 9.17) is 21.4 Å². The van der Waals surface area contributed by atoms with Gasteiger partial charge in [0.15, 0.2) is 9.84 Å². The van der Waals surface area contributed by atoms with Crippen LogP contribution in [0.25, 0.3) is 0 Å². The van der Waals surface area contributed by atoms with E-state index in [1.165, 1.54) is 18.2 Å². The van der Waals surface area contributed by atoms with Gasteiger partial charge in [-0.15, -0.1) is 0 Å². The van der Waals surface area contributed by atoms with Crippen molar-refractivity contribution in [2.75, 3.05) is 26.0 Å². The van der Waals surface area contributed by atoms with Gasteiger partial charge in [0.1, 0.15) is 6.61 Å². The molecule has 0 aliphatic rings. The van der Waals surface area contributed by atoms with Crippen molar-refractivity contribution in [2.45, 2.75) is 4.90 Å². The lowest BCUT2D eigenvalue weighted by Crippen LogP contribution is -2.28. The van der Waals surface area contributed by atoms with Crippen LogP contribution in [0.5, 0.6) is 0 Å². The molecule has 116 valence electrons. The molecule has 0 fully saturated rings. The molecule has 7 nitrogen and oxygen atoms in total.